The number of methoxy groups -OCH3 is 1. The van der Waals surface area contributed by atoms with E-state index < -0.39 is 9.84 Å². The van der Waals surface area contributed by atoms with Gasteiger partial charge in [-0.25, -0.2) is 13.4 Å². The predicted octanol–water partition coefficient (Wildman–Crippen LogP) is 3.62. The molecule has 0 bridgehead atoms. The number of nitrogens with zero attached hydrogens (tertiary/aromatic N) is 1. The van der Waals surface area contributed by atoms with E-state index in [1.807, 2.05) is 0 Å². The van der Waals surface area contributed by atoms with Crippen LogP contribution in [0.4, 0.5) is 5.69 Å². The van der Waals surface area contributed by atoms with E-state index in [1.54, 1.807) is 49.0 Å². The number of ether oxygens (including phenoxy) is 3. The molecule has 0 unspecified atom stereocenters. The van der Waals surface area contributed by atoms with Crippen molar-refractivity contribution in [2.75, 3.05) is 31.9 Å². The molecule has 1 aromatic heterocycles. The van der Waals surface area contributed by atoms with Crippen LogP contribution in [0.5, 0.6) is 17.2 Å². The van der Waals surface area contributed by atoms with Gasteiger partial charge in [0.2, 0.25) is 0 Å². The Morgan fingerprint density at radius 3 is 2.43 bits per heavy atom. The van der Waals surface area contributed by atoms with Crippen LogP contribution in [0.2, 0.25) is 0 Å². The number of benzene rings is 2. The van der Waals surface area contributed by atoms with Gasteiger partial charge in [-0.3, -0.25) is 4.79 Å². The Bertz CT molecular complexity index is 1100. The van der Waals surface area contributed by atoms with Gasteiger partial charge >= 0.3 is 0 Å². The highest BCUT2D eigenvalue weighted by molar-refractivity contribution is 7.90. The average molecular weight is 449 g/mol. The minimum Gasteiger partial charge on any atom is -0.491 e. The van der Waals surface area contributed by atoms with E-state index >= 15 is 0 Å². The third-order valence-electron chi connectivity index (χ3n) is 3.81. The van der Waals surface area contributed by atoms with Crippen molar-refractivity contribution in [3.8, 4) is 17.2 Å². The smallest absolute Gasteiger partial charge is 0.284 e. The van der Waals surface area contributed by atoms with E-state index in [9.17, 15) is 13.2 Å². The molecular formula is C20H20N2O6S2. The van der Waals surface area contributed by atoms with Crippen LogP contribution in [0.15, 0.2) is 58.9 Å². The van der Waals surface area contributed by atoms with Gasteiger partial charge in [0, 0.05) is 48.8 Å². The van der Waals surface area contributed by atoms with E-state index in [0.717, 1.165) is 6.26 Å². The topological polar surface area (TPSA) is 104 Å². The summed E-state index contributed by atoms with van der Waals surface area (Å²) in [6.07, 6.45) is 2.69. The van der Waals surface area contributed by atoms with Crippen LogP contribution in [0, 0.1) is 0 Å². The molecule has 8 nitrogen and oxygen atoms in total. The van der Waals surface area contributed by atoms with Crippen LogP contribution in [0.1, 0.15) is 9.80 Å². The first-order chi connectivity index (χ1) is 14.3. The number of thiazole rings is 1. The molecule has 2 aromatic carbocycles. The Hall–Kier alpha value is -2.95. The van der Waals surface area contributed by atoms with Crippen LogP contribution in [-0.4, -0.2) is 45.9 Å². The Morgan fingerprint density at radius 1 is 1.07 bits per heavy atom. The van der Waals surface area contributed by atoms with Crippen molar-refractivity contribution >= 4 is 32.8 Å². The summed E-state index contributed by atoms with van der Waals surface area (Å²) in [5, 5.41) is 4.82. The van der Waals surface area contributed by atoms with E-state index in [-0.39, 0.29) is 10.8 Å². The molecule has 0 aliphatic carbocycles. The number of sulfone groups is 1. The van der Waals surface area contributed by atoms with Gasteiger partial charge in [-0.1, -0.05) is 0 Å². The first-order valence-corrected chi connectivity index (χ1v) is 11.6. The lowest BCUT2D eigenvalue weighted by Gasteiger charge is -2.13. The van der Waals surface area contributed by atoms with Gasteiger partial charge in [0.25, 0.3) is 5.91 Å². The number of anilines is 1. The summed E-state index contributed by atoms with van der Waals surface area (Å²) in [7, 11) is -1.72. The lowest BCUT2D eigenvalue weighted by Crippen LogP contribution is -2.12. The van der Waals surface area contributed by atoms with E-state index in [1.165, 1.54) is 23.5 Å². The quantitative estimate of drug-likeness (QED) is 0.499. The van der Waals surface area contributed by atoms with Crippen molar-refractivity contribution in [3.05, 3.63) is 59.0 Å². The maximum Gasteiger partial charge on any atom is 0.284 e. The van der Waals surface area contributed by atoms with Gasteiger partial charge < -0.3 is 19.5 Å². The van der Waals surface area contributed by atoms with Crippen molar-refractivity contribution in [1.29, 1.82) is 0 Å². The molecule has 3 rings (SSSR count). The van der Waals surface area contributed by atoms with Crippen molar-refractivity contribution in [2.24, 2.45) is 0 Å². The Kier molecular flexibility index (Phi) is 7.03. The second kappa shape index (κ2) is 9.70. The third kappa shape index (κ3) is 6.02. The Labute approximate surface area is 178 Å². The normalized spacial score (nSPS) is 11.1. The zero-order valence-corrected chi connectivity index (χ0v) is 18.0. The van der Waals surface area contributed by atoms with E-state index in [0.29, 0.717) is 41.2 Å². The van der Waals surface area contributed by atoms with Crippen molar-refractivity contribution < 1.29 is 27.4 Å². The molecule has 0 radical (unpaired) electrons. The standard InChI is InChI=1S/C20H20N2O6S2/c1-26-8-9-27-16-11-14(22-19(23)20-21-7-10-29-20)12-17(13-16)28-15-3-5-18(6-4-15)30(2,24)25/h3-7,10-13H,8-9H2,1-2H3,(H,22,23). The van der Waals surface area contributed by atoms with Crippen LogP contribution in [0.3, 0.4) is 0 Å². The molecule has 1 N–H and O–H groups in total. The highest BCUT2D eigenvalue weighted by Gasteiger charge is 2.12. The summed E-state index contributed by atoms with van der Waals surface area (Å²) in [5.41, 5.74) is 0.466. The number of aromatic nitrogens is 1. The van der Waals surface area contributed by atoms with Crippen LogP contribution < -0.4 is 14.8 Å². The van der Waals surface area contributed by atoms with Crippen molar-refractivity contribution in [1.82, 2.24) is 4.98 Å². The first-order valence-electron chi connectivity index (χ1n) is 8.81. The fourth-order valence-electron chi connectivity index (χ4n) is 2.44. The summed E-state index contributed by atoms with van der Waals surface area (Å²) in [5.74, 6) is 0.981. The number of hydrogen-bond donors (Lipinski definition) is 1. The van der Waals surface area contributed by atoms with Crippen LogP contribution >= 0.6 is 11.3 Å². The number of rotatable bonds is 9. The summed E-state index contributed by atoms with van der Waals surface area (Å²) in [6, 6.07) is 11.0. The molecular weight excluding hydrogens is 428 g/mol. The predicted molar refractivity (Wildman–Crippen MR) is 114 cm³/mol. The molecule has 10 heteroatoms. The fourth-order valence-corrected chi connectivity index (χ4v) is 3.60. The lowest BCUT2D eigenvalue weighted by molar-refractivity contribution is 0.102. The van der Waals surface area contributed by atoms with Crippen LogP contribution in [-0.2, 0) is 14.6 Å². The average Bonchev–Trinajstić information content (AvgIpc) is 3.23. The first kappa shape index (κ1) is 21.8. The molecule has 3 aromatic rings. The van der Waals surface area contributed by atoms with E-state index in [2.05, 4.69) is 10.3 Å². The maximum absolute atomic E-state index is 12.3. The van der Waals surface area contributed by atoms with Gasteiger partial charge in [-0.05, 0) is 24.3 Å². The molecule has 0 saturated carbocycles. The minimum absolute atomic E-state index is 0.197. The summed E-state index contributed by atoms with van der Waals surface area (Å²) < 4.78 is 39.7. The number of nitrogens with one attached hydrogen (secondary N) is 1. The molecule has 0 aliphatic heterocycles. The van der Waals surface area contributed by atoms with Crippen molar-refractivity contribution in [2.45, 2.75) is 4.90 Å². The zero-order valence-electron chi connectivity index (χ0n) is 16.3. The minimum atomic E-state index is -3.29. The highest BCUT2D eigenvalue weighted by atomic mass is 32.2. The largest absolute Gasteiger partial charge is 0.491 e. The molecule has 0 saturated heterocycles. The molecule has 0 aliphatic rings. The van der Waals surface area contributed by atoms with Crippen LogP contribution in [0.25, 0.3) is 0 Å². The van der Waals surface area contributed by atoms with Gasteiger partial charge in [0.1, 0.15) is 23.9 Å². The van der Waals surface area contributed by atoms with E-state index in [4.69, 9.17) is 14.2 Å². The van der Waals surface area contributed by atoms with Crippen molar-refractivity contribution in [3.63, 3.8) is 0 Å². The zero-order chi connectivity index (χ0) is 21.6. The van der Waals surface area contributed by atoms with Gasteiger partial charge in [-0.2, -0.15) is 0 Å². The maximum atomic E-state index is 12.3. The summed E-state index contributed by atoms with van der Waals surface area (Å²) in [6.45, 7) is 0.724. The number of hydrogen-bond acceptors (Lipinski definition) is 8. The lowest BCUT2D eigenvalue weighted by atomic mass is 10.2. The SMILES string of the molecule is COCCOc1cc(NC(=O)c2nccs2)cc(Oc2ccc(S(C)(=O)=O)cc2)c1. The molecule has 1 heterocycles. The molecule has 30 heavy (non-hydrogen) atoms. The molecule has 0 fully saturated rings. The number of carbonyl (C=O) groups excluding carboxylic acids is 1. The molecule has 0 spiro atoms. The molecule has 0 atom stereocenters. The second-order valence-electron chi connectivity index (χ2n) is 6.17. The number of carbonyl (C=O) groups is 1. The Balaban J connectivity index is 1.82. The summed E-state index contributed by atoms with van der Waals surface area (Å²) in [4.78, 5) is 16.5. The van der Waals surface area contributed by atoms with Gasteiger partial charge in [-0.15, -0.1) is 11.3 Å². The molecule has 158 valence electrons. The van der Waals surface area contributed by atoms with Gasteiger partial charge in [0.15, 0.2) is 14.8 Å². The fraction of sp³-hybridized carbons (Fsp3) is 0.200. The Morgan fingerprint density at radius 2 is 1.80 bits per heavy atom. The van der Waals surface area contributed by atoms with Gasteiger partial charge in [0.05, 0.1) is 11.5 Å². The highest BCUT2D eigenvalue weighted by Crippen LogP contribution is 2.31. The second-order valence-corrected chi connectivity index (χ2v) is 9.08. The number of amides is 1. The molecule has 1 amide bonds. The summed E-state index contributed by atoms with van der Waals surface area (Å²) >= 11 is 1.23. The third-order valence-corrected chi connectivity index (χ3v) is 5.71. The monoisotopic (exact) mass is 448 g/mol.